The Morgan fingerprint density at radius 1 is 1.53 bits per heavy atom. The van der Waals surface area contributed by atoms with Crippen LogP contribution < -0.4 is 15.3 Å². The number of rotatable bonds is 5. The van der Waals surface area contributed by atoms with E-state index >= 15 is 0 Å². The van der Waals surface area contributed by atoms with E-state index in [4.69, 9.17) is 5.73 Å². The van der Waals surface area contributed by atoms with E-state index in [0.717, 1.165) is 11.3 Å². The number of sulfonamides is 1. The van der Waals surface area contributed by atoms with Gasteiger partial charge in [-0.25, -0.2) is 13.1 Å². The van der Waals surface area contributed by atoms with Crippen molar-refractivity contribution in [2.75, 3.05) is 0 Å². The third-order valence-electron chi connectivity index (χ3n) is 2.52. The van der Waals surface area contributed by atoms with E-state index in [2.05, 4.69) is 19.9 Å². The second-order valence-electron chi connectivity index (χ2n) is 3.83. The standard InChI is InChI=1S/C9H13N5O3S2/c1-5-7(2-10)8(14-13-5)19(16,17)11-3-6-4-18-9(15)12-6/h4,11H,2-3,10H2,1H3,(H,12,15)(H,13,14). The smallest absolute Gasteiger partial charge is 0.304 e. The summed E-state index contributed by atoms with van der Waals surface area (Å²) in [6, 6.07) is 0. The molecular formula is C9H13N5O3S2. The molecule has 0 saturated heterocycles. The van der Waals surface area contributed by atoms with Crippen LogP contribution in [0.15, 0.2) is 15.2 Å². The predicted molar refractivity (Wildman–Crippen MR) is 70.2 cm³/mol. The maximum atomic E-state index is 12.1. The summed E-state index contributed by atoms with van der Waals surface area (Å²) < 4.78 is 26.5. The molecular weight excluding hydrogens is 290 g/mol. The number of aryl methyl sites for hydroxylation is 1. The molecule has 0 atom stereocenters. The number of aromatic amines is 2. The van der Waals surface area contributed by atoms with Crippen LogP contribution in [0, 0.1) is 6.92 Å². The van der Waals surface area contributed by atoms with Crippen LogP contribution in [-0.4, -0.2) is 23.6 Å². The fraction of sp³-hybridized carbons (Fsp3) is 0.333. The van der Waals surface area contributed by atoms with Crippen LogP contribution in [0.3, 0.4) is 0 Å². The van der Waals surface area contributed by atoms with Gasteiger partial charge in [0.2, 0.25) is 0 Å². The predicted octanol–water partition coefficient (Wildman–Crippen LogP) is -0.595. The van der Waals surface area contributed by atoms with E-state index in [1.165, 1.54) is 0 Å². The van der Waals surface area contributed by atoms with Gasteiger partial charge >= 0.3 is 4.87 Å². The number of aromatic nitrogens is 3. The first-order valence-electron chi connectivity index (χ1n) is 5.34. The number of H-pyrrole nitrogens is 2. The fourth-order valence-electron chi connectivity index (χ4n) is 1.53. The summed E-state index contributed by atoms with van der Waals surface area (Å²) in [5.41, 5.74) is 7.07. The van der Waals surface area contributed by atoms with Crippen LogP contribution in [0.2, 0.25) is 0 Å². The van der Waals surface area contributed by atoms with Crippen LogP contribution >= 0.6 is 11.3 Å². The second-order valence-corrected chi connectivity index (χ2v) is 6.36. The van der Waals surface area contributed by atoms with Crippen LogP contribution in [0.25, 0.3) is 0 Å². The van der Waals surface area contributed by atoms with Crippen LogP contribution in [-0.2, 0) is 23.1 Å². The van der Waals surface area contributed by atoms with Gasteiger partial charge in [-0.1, -0.05) is 11.3 Å². The monoisotopic (exact) mass is 303 g/mol. The zero-order valence-electron chi connectivity index (χ0n) is 10.1. The largest absolute Gasteiger partial charge is 0.326 e. The SMILES string of the molecule is Cc1[nH]nc(S(=O)(=O)NCc2csc(=O)[nH]2)c1CN. The van der Waals surface area contributed by atoms with Gasteiger partial charge in [0.25, 0.3) is 10.0 Å². The molecule has 19 heavy (non-hydrogen) atoms. The van der Waals surface area contributed by atoms with E-state index in [-0.39, 0.29) is 23.0 Å². The maximum absolute atomic E-state index is 12.1. The van der Waals surface area contributed by atoms with Gasteiger partial charge in [0.15, 0.2) is 5.03 Å². The van der Waals surface area contributed by atoms with E-state index in [1.54, 1.807) is 12.3 Å². The zero-order chi connectivity index (χ0) is 14.0. The summed E-state index contributed by atoms with van der Waals surface area (Å²) in [6.45, 7) is 1.77. The highest BCUT2D eigenvalue weighted by atomic mass is 32.2. The van der Waals surface area contributed by atoms with Gasteiger partial charge in [0.05, 0.1) is 6.54 Å². The molecule has 104 valence electrons. The molecule has 2 heterocycles. The van der Waals surface area contributed by atoms with Crippen molar-refractivity contribution in [1.82, 2.24) is 19.9 Å². The molecule has 2 aromatic rings. The van der Waals surface area contributed by atoms with E-state index in [1.807, 2.05) is 0 Å². The molecule has 0 aliphatic carbocycles. The molecule has 5 N–H and O–H groups in total. The van der Waals surface area contributed by atoms with Gasteiger partial charge < -0.3 is 10.7 Å². The first-order valence-corrected chi connectivity index (χ1v) is 7.70. The van der Waals surface area contributed by atoms with Crippen LogP contribution in [0.5, 0.6) is 0 Å². The Balaban J connectivity index is 2.20. The van der Waals surface area contributed by atoms with E-state index < -0.39 is 10.0 Å². The minimum absolute atomic E-state index is 0.00298. The number of hydrogen-bond donors (Lipinski definition) is 4. The molecule has 0 amide bonds. The third kappa shape index (κ3) is 2.92. The molecule has 0 radical (unpaired) electrons. The molecule has 8 nitrogen and oxygen atoms in total. The first-order chi connectivity index (χ1) is 8.94. The quantitative estimate of drug-likeness (QED) is 0.585. The third-order valence-corrected chi connectivity index (χ3v) is 4.61. The van der Waals surface area contributed by atoms with Crippen LogP contribution in [0.1, 0.15) is 17.0 Å². The topological polar surface area (TPSA) is 134 Å². The number of hydrogen-bond acceptors (Lipinski definition) is 6. The number of nitrogens with one attached hydrogen (secondary N) is 3. The molecule has 0 unspecified atom stereocenters. The Hall–Kier alpha value is -1.49. The minimum Gasteiger partial charge on any atom is -0.326 e. The summed E-state index contributed by atoms with van der Waals surface area (Å²) in [5.74, 6) is 0. The van der Waals surface area contributed by atoms with Crippen molar-refractivity contribution in [3.63, 3.8) is 0 Å². The summed E-state index contributed by atoms with van der Waals surface area (Å²) in [5, 5.41) is 7.80. The van der Waals surface area contributed by atoms with Gasteiger partial charge in [0, 0.05) is 28.9 Å². The Kier molecular flexibility index (Phi) is 3.85. The van der Waals surface area contributed by atoms with Crippen molar-refractivity contribution in [2.45, 2.75) is 25.0 Å². The fourth-order valence-corrected chi connectivity index (χ4v) is 3.32. The molecule has 0 aliphatic heterocycles. The normalized spacial score (nSPS) is 11.9. The number of nitrogens with two attached hydrogens (primary N) is 1. The van der Waals surface area contributed by atoms with Gasteiger partial charge in [-0.2, -0.15) is 5.10 Å². The summed E-state index contributed by atoms with van der Waals surface area (Å²) in [4.78, 5) is 13.2. The summed E-state index contributed by atoms with van der Waals surface area (Å²) >= 11 is 0.975. The molecule has 0 bridgehead atoms. The van der Waals surface area contributed by atoms with Crippen molar-refractivity contribution < 1.29 is 8.42 Å². The summed E-state index contributed by atoms with van der Waals surface area (Å²) in [7, 11) is -3.76. The highest BCUT2D eigenvalue weighted by Gasteiger charge is 2.22. The minimum atomic E-state index is -3.76. The molecule has 10 heteroatoms. The molecule has 0 saturated carbocycles. The van der Waals surface area contributed by atoms with E-state index in [0.29, 0.717) is 17.0 Å². The Labute approximate surface area is 113 Å². The molecule has 0 spiro atoms. The Bertz CT molecular complexity index is 727. The van der Waals surface area contributed by atoms with Crippen molar-refractivity contribution in [3.8, 4) is 0 Å². The van der Waals surface area contributed by atoms with Crippen molar-refractivity contribution >= 4 is 21.4 Å². The average Bonchev–Trinajstić information content (AvgIpc) is 2.93. The Morgan fingerprint density at radius 2 is 2.26 bits per heavy atom. The lowest BCUT2D eigenvalue weighted by Crippen LogP contribution is -2.25. The van der Waals surface area contributed by atoms with Crippen molar-refractivity contribution in [3.05, 3.63) is 32.0 Å². The first kappa shape index (κ1) is 13.9. The lowest BCUT2D eigenvalue weighted by Gasteiger charge is -2.04. The lowest BCUT2D eigenvalue weighted by atomic mass is 10.3. The van der Waals surface area contributed by atoms with E-state index in [9.17, 15) is 13.2 Å². The van der Waals surface area contributed by atoms with Gasteiger partial charge in [0.1, 0.15) is 0 Å². The average molecular weight is 303 g/mol. The molecule has 2 rings (SSSR count). The van der Waals surface area contributed by atoms with Gasteiger partial charge in [-0.05, 0) is 6.92 Å². The van der Waals surface area contributed by atoms with Crippen molar-refractivity contribution in [1.29, 1.82) is 0 Å². The second kappa shape index (κ2) is 5.25. The highest BCUT2D eigenvalue weighted by Crippen LogP contribution is 2.15. The number of nitrogens with zero attached hydrogens (tertiary/aromatic N) is 1. The highest BCUT2D eigenvalue weighted by molar-refractivity contribution is 7.89. The lowest BCUT2D eigenvalue weighted by molar-refractivity contribution is 0.575. The summed E-state index contributed by atoms with van der Waals surface area (Å²) in [6.07, 6.45) is 0. The Morgan fingerprint density at radius 3 is 2.84 bits per heavy atom. The van der Waals surface area contributed by atoms with Crippen LogP contribution in [0.4, 0.5) is 0 Å². The molecule has 2 aromatic heterocycles. The maximum Gasteiger partial charge on any atom is 0.304 e. The number of thiazole rings is 1. The molecule has 0 aromatic carbocycles. The van der Waals surface area contributed by atoms with Gasteiger partial charge in [-0.15, -0.1) is 0 Å². The molecule has 0 aliphatic rings. The van der Waals surface area contributed by atoms with Crippen molar-refractivity contribution in [2.24, 2.45) is 5.73 Å². The molecule has 0 fully saturated rings. The zero-order valence-corrected chi connectivity index (χ0v) is 11.7. The van der Waals surface area contributed by atoms with Gasteiger partial charge in [-0.3, -0.25) is 9.89 Å².